The maximum Gasteiger partial charge on any atom is 0.249 e. The molecule has 65 valence electrons. The van der Waals surface area contributed by atoms with Crippen LogP contribution in [-0.2, 0) is 4.79 Å². The standard InChI is InChI=1S/C8H16NO2/c1-3-4-5-6-9-8(2,11)7-10/h9,11H,3-6H2,1-2H3. The van der Waals surface area contributed by atoms with Crippen LogP contribution in [0.3, 0.4) is 0 Å². The van der Waals surface area contributed by atoms with Crippen molar-refractivity contribution in [1.29, 1.82) is 0 Å². The van der Waals surface area contributed by atoms with Gasteiger partial charge >= 0.3 is 0 Å². The molecular formula is C8H16NO2. The van der Waals surface area contributed by atoms with E-state index in [1.165, 1.54) is 13.2 Å². The highest BCUT2D eigenvalue weighted by Gasteiger charge is 2.17. The number of unbranched alkanes of at least 4 members (excludes halogenated alkanes) is 2. The fraction of sp³-hybridized carbons (Fsp3) is 0.875. The molecule has 1 unspecified atom stereocenters. The summed E-state index contributed by atoms with van der Waals surface area (Å²) in [5.74, 6) is 0. The molecule has 3 nitrogen and oxygen atoms in total. The van der Waals surface area contributed by atoms with Crippen molar-refractivity contribution in [2.24, 2.45) is 0 Å². The molecule has 1 atom stereocenters. The van der Waals surface area contributed by atoms with E-state index in [1.807, 2.05) is 0 Å². The van der Waals surface area contributed by atoms with Crippen molar-refractivity contribution in [3.63, 3.8) is 0 Å². The van der Waals surface area contributed by atoms with E-state index >= 15 is 0 Å². The summed E-state index contributed by atoms with van der Waals surface area (Å²) in [4.78, 5) is 10.1. The topological polar surface area (TPSA) is 49.3 Å². The van der Waals surface area contributed by atoms with Crippen LogP contribution in [0.2, 0.25) is 0 Å². The monoisotopic (exact) mass is 158 g/mol. The molecule has 0 aromatic rings. The fourth-order valence-electron chi connectivity index (χ4n) is 0.743. The second-order valence-electron chi connectivity index (χ2n) is 2.81. The Morgan fingerprint density at radius 1 is 1.55 bits per heavy atom. The van der Waals surface area contributed by atoms with Gasteiger partial charge in [-0.1, -0.05) is 19.8 Å². The van der Waals surface area contributed by atoms with Crippen molar-refractivity contribution in [2.75, 3.05) is 6.54 Å². The molecule has 2 N–H and O–H groups in total. The zero-order chi connectivity index (χ0) is 8.74. The molecule has 0 saturated carbocycles. The lowest BCUT2D eigenvalue weighted by atomic mass is 10.2. The summed E-state index contributed by atoms with van der Waals surface area (Å²) in [5.41, 5.74) is -1.46. The molecule has 0 aliphatic heterocycles. The van der Waals surface area contributed by atoms with Gasteiger partial charge in [0.1, 0.15) is 0 Å². The highest BCUT2D eigenvalue weighted by molar-refractivity contribution is 5.61. The van der Waals surface area contributed by atoms with Crippen molar-refractivity contribution in [1.82, 2.24) is 5.32 Å². The van der Waals surface area contributed by atoms with E-state index in [1.54, 1.807) is 0 Å². The molecule has 3 heteroatoms. The maximum atomic E-state index is 10.1. The molecule has 0 bridgehead atoms. The lowest BCUT2D eigenvalue weighted by molar-refractivity contribution is 0.0908. The lowest BCUT2D eigenvalue weighted by Crippen LogP contribution is -2.44. The van der Waals surface area contributed by atoms with Gasteiger partial charge < -0.3 is 5.11 Å². The van der Waals surface area contributed by atoms with Gasteiger partial charge in [0.15, 0.2) is 5.72 Å². The molecular weight excluding hydrogens is 142 g/mol. The first-order valence-electron chi connectivity index (χ1n) is 3.99. The van der Waals surface area contributed by atoms with Gasteiger partial charge in [-0.3, -0.25) is 10.1 Å². The average molecular weight is 158 g/mol. The van der Waals surface area contributed by atoms with Gasteiger partial charge in [-0.2, -0.15) is 0 Å². The molecule has 0 fully saturated rings. The van der Waals surface area contributed by atoms with Gasteiger partial charge in [0.25, 0.3) is 0 Å². The van der Waals surface area contributed by atoms with Gasteiger partial charge in [0.05, 0.1) is 0 Å². The number of carbonyl (C=O) groups excluding carboxylic acids is 1. The molecule has 0 heterocycles. The molecule has 0 aromatic carbocycles. The van der Waals surface area contributed by atoms with Crippen molar-refractivity contribution in [3.05, 3.63) is 0 Å². The second kappa shape index (κ2) is 5.27. The maximum absolute atomic E-state index is 10.1. The van der Waals surface area contributed by atoms with Crippen LogP contribution in [0.15, 0.2) is 0 Å². The molecule has 0 aliphatic carbocycles. The predicted molar refractivity (Wildman–Crippen MR) is 43.8 cm³/mol. The highest BCUT2D eigenvalue weighted by atomic mass is 16.3. The van der Waals surface area contributed by atoms with Crippen molar-refractivity contribution < 1.29 is 9.90 Å². The van der Waals surface area contributed by atoms with E-state index in [0.717, 1.165) is 19.3 Å². The lowest BCUT2D eigenvalue weighted by Gasteiger charge is -2.15. The van der Waals surface area contributed by atoms with Gasteiger partial charge in [0, 0.05) is 0 Å². The number of aliphatic hydroxyl groups is 1. The molecule has 0 rings (SSSR count). The second-order valence-corrected chi connectivity index (χ2v) is 2.81. The van der Waals surface area contributed by atoms with E-state index in [-0.39, 0.29) is 0 Å². The van der Waals surface area contributed by atoms with Gasteiger partial charge in [0.2, 0.25) is 6.29 Å². The minimum Gasteiger partial charge on any atom is -0.369 e. The third-order valence-electron chi connectivity index (χ3n) is 1.45. The van der Waals surface area contributed by atoms with E-state index in [2.05, 4.69) is 12.2 Å². The minimum atomic E-state index is -1.46. The van der Waals surface area contributed by atoms with Crippen LogP contribution in [0, 0.1) is 0 Å². The molecule has 0 aromatic heterocycles. The average Bonchev–Trinajstić information content (AvgIpc) is 1.99. The molecule has 0 aliphatic rings. The van der Waals surface area contributed by atoms with Crippen LogP contribution < -0.4 is 5.32 Å². The summed E-state index contributed by atoms with van der Waals surface area (Å²) in [7, 11) is 0. The molecule has 1 radical (unpaired) electrons. The first kappa shape index (κ1) is 10.6. The van der Waals surface area contributed by atoms with Gasteiger partial charge in [-0.25, -0.2) is 0 Å². The molecule has 0 amide bonds. The smallest absolute Gasteiger partial charge is 0.249 e. The van der Waals surface area contributed by atoms with Crippen LogP contribution in [0.1, 0.15) is 33.1 Å². The van der Waals surface area contributed by atoms with E-state index in [0.29, 0.717) is 6.54 Å². The number of hydrogen-bond donors (Lipinski definition) is 2. The van der Waals surface area contributed by atoms with Crippen LogP contribution in [0.5, 0.6) is 0 Å². The Morgan fingerprint density at radius 2 is 2.18 bits per heavy atom. The number of nitrogens with one attached hydrogen (secondary N) is 1. The van der Waals surface area contributed by atoms with Crippen LogP contribution >= 0.6 is 0 Å². The Morgan fingerprint density at radius 3 is 2.64 bits per heavy atom. The third kappa shape index (κ3) is 6.01. The van der Waals surface area contributed by atoms with E-state index in [4.69, 9.17) is 5.11 Å². The van der Waals surface area contributed by atoms with E-state index in [9.17, 15) is 4.79 Å². The Labute approximate surface area is 67.8 Å². The van der Waals surface area contributed by atoms with Crippen LogP contribution in [0.25, 0.3) is 0 Å². The Balaban J connectivity index is 3.30. The quantitative estimate of drug-likeness (QED) is 0.439. The molecule has 0 spiro atoms. The zero-order valence-electron chi connectivity index (χ0n) is 7.18. The molecule has 11 heavy (non-hydrogen) atoms. The van der Waals surface area contributed by atoms with Crippen LogP contribution in [0.4, 0.5) is 0 Å². The summed E-state index contributed by atoms with van der Waals surface area (Å²) in [6.45, 7) is 4.16. The largest absolute Gasteiger partial charge is 0.369 e. The zero-order valence-corrected chi connectivity index (χ0v) is 7.18. The fourth-order valence-corrected chi connectivity index (χ4v) is 0.743. The minimum absolute atomic E-state index is 0.663. The third-order valence-corrected chi connectivity index (χ3v) is 1.45. The summed E-state index contributed by atoms with van der Waals surface area (Å²) in [6, 6.07) is 0. The summed E-state index contributed by atoms with van der Waals surface area (Å²) >= 11 is 0. The van der Waals surface area contributed by atoms with E-state index < -0.39 is 5.72 Å². The Kier molecular flexibility index (Phi) is 5.07. The SMILES string of the molecule is CCCCCNC(C)(O)[C]=O. The van der Waals surface area contributed by atoms with Gasteiger partial charge in [-0.15, -0.1) is 0 Å². The van der Waals surface area contributed by atoms with Crippen molar-refractivity contribution >= 4 is 6.29 Å². The summed E-state index contributed by atoms with van der Waals surface area (Å²) in [5, 5.41) is 11.8. The van der Waals surface area contributed by atoms with Crippen LogP contribution in [-0.4, -0.2) is 23.7 Å². The number of rotatable bonds is 6. The van der Waals surface area contributed by atoms with Crippen molar-refractivity contribution in [3.8, 4) is 0 Å². The van der Waals surface area contributed by atoms with Gasteiger partial charge in [-0.05, 0) is 19.9 Å². The highest BCUT2D eigenvalue weighted by Crippen LogP contribution is 1.95. The Hall–Kier alpha value is -0.410. The first-order chi connectivity index (χ1) is 5.12. The first-order valence-corrected chi connectivity index (χ1v) is 3.99. The summed E-state index contributed by atoms with van der Waals surface area (Å²) in [6.07, 6.45) is 4.74. The Bertz CT molecular complexity index is 113. The molecule has 0 saturated heterocycles. The number of hydrogen-bond acceptors (Lipinski definition) is 3. The van der Waals surface area contributed by atoms with Crippen molar-refractivity contribution in [2.45, 2.75) is 38.8 Å². The predicted octanol–water partition coefficient (Wildman–Crippen LogP) is 0.584. The summed E-state index contributed by atoms with van der Waals surface area (Å²) < 4.78 is 0. The normalized spacial score (nSPS) is 15.9.